The summed E-state index contributed by atoms with van der Waals surface area (Å²) < 4.78 is 11.1. The van der Waals surface area contributed by atoms with E-state index in [1.807, 2.05) is 6.07 Å². The highest BCUT2D eigenvalue weighted by Gasteiger charge is 2.55. The molecule has 0 amide bonds. The highest BCUT2D eigenvalue weighted by atomic mass is 16.5. The summed E-state index contributed by atoms with van der Waals surface area (Å²) >= 11 is 0. The van der Waals surface area contributed by atoms with Crippen molar-refractivity contribution in [3.05, 3.63) is 18.0 Å². The summed E-state index contributed by atoms with van der Waals surface area (Å²) in [5, 5.41) is 7.41. The lowest BCUT2D eigenvalue weighted by atomic mass is 9.55. The van der Waals surface area contributed by atoms with Crippen LogP contribution in [0.2, 0.25) is 0 Å². The van der Waals surface area contributed by atoms with Gasteiger partial charge in [0.1, 0.15) is 5.76 Å². The second-order valence-corrected chi connectivity index (χ2v) is 5.89. The van der Waals surface area contributed by atoms with Crippen LogP contribution in [0, 0.1) is 5.41 Å². The third-order valence-electron chi connectivity index (χ3n) is 4.95. The molecule has 1 aromatic rings. The fraction of sp³-hybridized carbons (Fsp3) is 0.800. The average molecular weight is 264 g/mol. The molecule has 106 valence electrons. The van der Waals surface area contributed by atoms with Gasteiger partial charge >= 0.3 is 0 Å². The Morgan fingerprint density at radius 3 is 2.95 bits per heavy atom. The van der Waals surface area contributed by atoms with E-state index in [0.717, 1.165) is 25.3 Å². The van der Waals surface area contributed by atoms with Crippen LogP contribution in [-0.2, 0) is 11.3 Å². The molecule has 4 nitrogen and oxygen atoms in total. The van der Waals surface area contributed by atoms with Gasteiger partial charge in [-0.2, -0.15) is 0 Å². The number of rotatable bonds is 5. The molecular weight excluding hydrogens is 240 g/mol. The van der Waals surface area contributed by atoms with E-state index in [4.69, 9.17) is 9.26 Å². The molecule has 0 saturated heterocycles. The van der Waals surface area contributed by atoms with Crippen LogP contribution in [-0.4, -0.2) is 23.9 Å². The van der Waals surface area contributed by atoms with Gasteiger partial charge in [-0.1, -0.05) is 24.4 Å². The Morgan fingerprint density at radius 1 is 1.42 bits per heavy atom. The Balaban J connectivity index is 1.61. The Hall–Kier alpha value is -0.870. The van der Waals surface area contributed by atoms with Crippen LogP contribution in [0.3, 0.4) is 0 Å². The zero-order valence-corrected chi connectivity index (χ0v) is 11.7. The number of aromatic nitrogens is 1. The molecule has 3 rings (SSSR count). The van der Waals surface area contributed by atoms with Gasteiger partial charge in [0, 0.05) is 24.1 Å². The van der Waals surface area contributed by atoms with Crippen molar-refractivity contribution < 1.29 is 9.26 Å². The van der Waals surface area contributed by atoms with Gasteiger partial charge in [0.2, 0.25) is 0 Å². The molecule has 2 fully saturated rings. The van der Waals surface area contributed by atoms with E-state index in [1.165, 1.54) is 32.1 Å². The monoisotopic (exact) mass is 264 g/mol. The topological polar surface area (TPSA) is 47.3 Å². The summed E-state index contributed by atoms with van der Waals surface area (Å²) in [5.41, 5.74) is 0.383. The van der Waals surface area contributed by atoms with Gasteiger partial charge in [-0.3, -0.25) is 0 Å². The van der Waals surface area contributed by atoms with Crippen LogP contribution in [0.5, 0.6) is 0 Å². The molecule has 2 saturated carbocycles. The number of hydrogen-bond acceptors (Lipinski definition) is 4. The number of hydrogen-bond donors (Lipinski definition) is 1. The van der Waals surface area contributed by atoms with Crippen molar-refractivity contribution in [1.82, 2.24) is 10.5 Å². The maximum absolute atomic E-state index is 5.96. The zero-order chi connectivity index (χ0) is 13.1. The zero-order valence-electron chi connectivity index (χ0n) is 11.7. The third-order valence-corrected chi connectivity index (χ3v) is 4.95. The second-order valence-electron chi connectivity index (χ2n) is 5.89. The number of ether oxygens (including phenoxy) is 1. The van der Waals surface area contributed by atoms with Gasteiger partial charge in [0.15, 0.2) is 0 Å². The minimum atomic E-state index is 0.383. The molecule has 1 heterocycles. The molecule has 19 heavy (non-hydrogen) atoms. The van der Waals surface area contributed by atoms with Crippen molar-refractivity contribution in [3.8, 4) is 0 Å². The average Bonchev–Trinajstić information content (AvgIpc) is 2.96. The van der Waals surface area contributed by atoms with Crippen molar-refractivity contribution in [2.75, 3.05) is 6.61 Å². The summed E-state index contributed by atoms with van der Waals surface area (Å²) in [6.45, 7) is 3.72. The van der Waals surface area contributed by atoms with E-state index < -0.39 is 0 Å². The lowest BCUT2D eigenvalue weighted by Crippen LogP contribution is -2.64. The van der Waals surface area contributed by atoms with Gasteiger partial charge in [-0.15, -0.1) is 0 Å². The van der Waals surface area contributed by atoms with Crippen LogP contribution in [0.1, 0.15) is 51.2 Å². The van der Waals surface area contributed by atoms with Crippen LogP contribution in [0.25, 0.3) is 0 Å². The Bertz CT molecular complexity index is 385. The number of nitrogens with zero attached hydrogens (tertiary/aromatic N) is 1. The molecule has 0 bridgehead atoms. The molecule has 0 aliphatic heterocycles. The van der Waals surface area contributed by atoms with Crippen LogP contribution in [0.15, 0.2) is 16.8 Å². The number of nitrogens with one attached hydrogen (secondary N) is 1. The summed E-state index contributed by atoms with van der Waals surface area (Å²) in [5.74, 6) is 0.922. The van der Waals surface area contributed by atoms with E-state index in [2.05, 4.69) is 17.4 Å². The lowest BCUT2D eigenvalue weighted by molar-refractivity contribution is -0.150. The predicted molar refractivity (Wildman–Crippen MR) is 72.7 cm³/mol. The maximum Gasteiger partial charge on any atom is 0.150 e. The molecule has 4 heteroatoms. The van der Waals surface area contributed by atoms with Crippen molar-refractivity contribution in [2.45, 2.75) is 64.1 Å². The lowest BCUT2D eigenvalue weighted by Gasteiger charge is -2.58. The first-order chi connectivity index (χ1) is 9.35. The molecule has 1 aromatic heterocycles. The molecule has 2 aliphatic rings. The van der Waals surface area contributed by atoms with E-state index in [-0.39, 0.29) is 0 Å². The molecule has 2 aliphatic carbocycles. The molecule has 1 N–H and O–H groups in total. The van der Waals surface area contributed by atoms with Gasteiger partial charge in [0.05, 0.1) is 18.8 Å². The summed E-state index contributed by atoms with van der Waals surface area (Å²) in [7, 11) is 0. The van der Waals surface area contributed by atoms with Crippen LogP contribution < -0.4 is 5.32 Å². The van der Waals surface area contributed by atoms with Crippen molar-refractivity contribution in [1.29, 1.82) is 0 Å². The van der Waals surface area contributed by atoms with E-state index >= 15 is 0 Å². The molecular formula is C15H24N2O2. The van der Waals surface area contributed by atoms with Crippen molar-refractivity contribution >= 4 is 0 Å². The van der Waals surface area contributed by atoms with Crippen LogP contribution >= 0.6 is 0 Å². The fourth-order valence-electron chi connectivity index (χ4n) is 3.91. The first kappa shape index (κ1) is 13.1. The fourth-order valence-corrected chi connectivity index (χ4v) is 3.91. The van der Waals surface area contributed by atoms with E-state index in [1.54, 1.807) is 6.20 Å². The largest absolute Gasteiger partial charge is 0.378 e. The predicted octanol–water partition coefficient (Wildman–Crippen LogP) is 2.89. The smallest absolute Gasteiger partial charge is 0.150 e. The summed E-state index contributed by atoms with van der Waals surface area (Å²) in [6, 6.07) is 2.51. The second kappa shape index (κ2) is 5.63. The third kappa shape index (κ3) is 2.43. The summed E-state index contributed by atoms with van der Waals surface area (Å²) in [6.07, 6.45) is 10.0. The molecule has 0 radical (unpaired) electrons. The first-order valence-electron chi connectivity index (χ1n) is 7.60. The minimum Gasteiger partial charge on any atom is -0.378 e. The highest BCUT2D eigenvalue weighted by Crippen LogP contribution is 2.53. The maximum atomic E-state index is 5.96. The molecule has 1 spiro atoms. The standard InChI is InChI=1S/C15H24N2O2/c1-2-18-14-10-13(15(14)7-4-3-5-8-15)16-11-12-6-9-17-19-12/h6,9,13-14,16H,2-5,7-8,10-11H2,1H3/t13-,14+/m1/s1. The van der Waals surface area contributed by atoms with E-state index in [0.29, 0.717) is 17.6 Å². The SMILES string of the molecule is CCO[C@H]1C[C@@H](NCc2ccno2)C12CCCCC2. The minimum absolute atomic E-state index is 0.383. The molecule has 0 unspecified atom stereocenters. The van der Waals surface area contributed by atoms with Gasteiger partial charge in [-0.05, 0) is 26.2 Å². The quantitative estimate of drug-likeness (QED) is 0.888. The first-order valence-corrected chi connectivity index (χ1v) is 7.60. The highest BCUT2D eigenvalue weighted by molar-refractivity contribution is 5.09. The normalized spacial score (nSPS) is 29.3. The van der Waals surface area contributed by atoms with Crippen molar-refractivity contribution in [2.24, 2.45) is 5.41 Å². The van der Waals surface area contributed by atoms with Gasteiger partial charge in [-0.25, -0.2) is 0 Å². The Labute approximate surface area is 114 Å². The van der Waals surface area contributed by atoms with E-state index in [9.17, 15) is 0 Å². The Kier molecular flexibility index (Phi) is 3.89. The molecule has 2 atom stereocenters. The Morgan fingerprint density at radius 2 is 2.26 bits per heavy atom. The summed E-state index contributed by atoms with van der Waals surface area (Å²) in [4.78, 5) is 0. The van der Waals surface area contributed by atoms with Gasteiger partial charge in [0.25, 0.3) is 0 Å². The van der Waals surface area contributed by atoms with Crippen molar-refractivity contribution in [3.63, 3.8) is 0 Å². The molecule has 0 aromatic carbocycles. The van der Waals surface area contributed by atoms with Crippen LogP contribution in [0.4, 0.5) is 0 Å². The van der Waals surface area contributed by atoms with Gasteiger partial charge < -0.3 is 14.6 Å².